The summed E-state index contributed by atoms with van der Waals surface area (Å²) in [4.78, 5) is 2.38. The van der Waals surface area contributed by atoms with Gasteiger partial charge in [-0.15, -0.1) is 0 Å². The molecule has 0 aliphatic rings. The molecule has 1 aromatic carbocycles. The maximum absolute atomic E-state index is 4.40. The number of rotatable bonds is 5. The highest BCUT2D eigenvalue weighted by molar-refractivity contribution is 5.30. The maximum Gasteiger partial charge on any atom is 0.0645 e. The summed E-state index contributed by atoms with van der Waals surface area (Å²) >= 11 is 0. The molecule has 17 heavy (non-hydrogen) atoms. The lowest BCUT2D eigenvalue weighted by Crippen LogP contribution is -2.21. The van der Waals surface area contributed by atoms with E-state index < -0.39 is 0 Å². The standard InChI is InChI=1S/C14H19N3/c1-3-16(4-2)11-13-10-15-17(12-13)14-8-6-5-7-9-14/h5-10,12H,3-4,11H2,1-2H3. The molecule has 0 radical (unpaired) electrons. The molecule has 3 nitrogen and oxygen atoms in total. The molecule has 2 rings (SSSR count). The van der Waals surface area contributed by atoms with Crippen molar-refractivity contribution in [2.75, 3.05) is 13.1 Å². The predicted octanol–water partition coefficient (Wildman–Crippen LogP) is 2.71. The zero-order chi connectivity index (χ0) is 12.1. The fourth-order valence-electron chi connectivity index (χ4n) is 1.87. The van der Waals surface area contributed by atoms with Crippen LogP contribution in [0.2, 0.25) is 0 Å². The van der Waals surface area contributed by atoms with Gasteiger partial charge in [0, 0.05) is 18.3 Å². The van der Waals surface area contributed by atoms with E-state index in [1.807, 2.05) is 29.1 Å². The highest BCUT2D eigenvalue weighted by Crippen LogP contribution is 2.09. The van der Waals surface area contributed by atoms with Gasteiger partial charge in [-0.25, -0.2) is 4.68 Å². The number of hydrogen-bond donors (Lipinski definition) is 0. The molecule has 0 saturated heterocycles. The molecule has 1 aromatic heterocycles. The molecule has 0 aliphatic carbocycles. The van der Waals surface area contributed by atoms with E-state index in [9.17, 15) is 0 Å². The van der Waals surface area contributed by atoms with Crippen LogP contribution in [0.4, 0.5) is 0 Å². The topological polar surface area (TPSA) is 21.1 Å². The highest BCUT2D eigenvalue weighted by Gasteiger charge is 2.04. The minimum absolute atomic E-state index is 0.972. The second-order valence-electron chi connectivity index (χ2n) is 4.09. The smallest absolute Gasteiger partial charge is 0.0645 e. The quantitative estimate of drug-likeness (QED) is 0.786. The van der Waals surface area contributed by atoms with Crippen molar-refractivity contribution in [2.24, 2.45) is 0 Å². The van der Waals surface area contributed by atoms with Crippen molar-refractivity contribution in [2.45, 2.75) is 20.4 Å². The Labute approximate surface area is 103 Å². The number of hydrogen-bond acceptors (Lipinski definition) is 2. The molecule has 90 valence electrons. The van der Waals surface area contributed by atoms with E-state index in [0.717, 1.165) is 25.3 Å². The van der Waals surface area contributed by atoms with Gasteiger partial charge < -0.3 is 0 Å². The van der Waals surface area contributed by atoms with Crippen LogP contribution >= 0.6 is 0 Å². The normalized spacial score (nSPS) is 11.0. The first-order chi connectivity index (χ1) is 8.33. The maximum atomic E-state index is 4.40. The Hall–Kier alpha value is -1.61. The third-order valence-electron chi connectivity index (χ3n) is 2.96. The Bertz CT molecular complexity index is 444. The summed E-state index contributed by atoms with van der Waals surface area (Å²) in [6, 6.07) is 10.2. The molecular weight excluding hydrogens is 210 g/mol. The van der Waals surface area contributed by atoms with E-state index in [1.54, 1.807) is 0 Å². The predicted molar refractivity (Wildman–Crippen MR) is 70.2 cm³/mol. The Morgan fingerprint density at radius 1 is 1.12 bits per heavy atom. The van der Waals surface area contributed by atoms with Crippen LogP contribution in [0.15, 0.2) is 42.7 Å². The van der Waals surface area contributed by atoms with Crippen LogP contribution in [0, 0.1) is 0 Å². The molecular formula is C14H19N3. The number of nitrogens with zero attached hydrogens (tertiary/aromatic N) is 3. The molecule has 0 aliphatic heterocycles. The van der Waals surface area contributed by atoms with E-state index in [1.165, 1.54) is 5.56 Å². The molecule has 0 amide bonds. The lowest BCUT2D eigenvalue weighted by molar-refractivity contribution is 0.296. The van der Waals surface area contributed by atoms with Crippen molar-refractivity contribution in [1.82, 2.24) is 14.7 Å². The van der Waals surface area contributed by atoms with E-state index in [4.69, 9.17) is 0 Å². The summed E-state index contributed by atoms with van der Waals surface area (Å²) in [6.45, 7) is 7.50. The van der Waals surface area contributed by atoms with E-state index in [2.05, 4.69) is 42.2 Å². The highest BCUT2D eigenvalue weighted by atomic mass is 15.3. The lowest BCUT2D eigenvalue weighted by atomic mass is 10.3. The first-order valence-electron chi connectivity index (χ1n) is 6.14. The second-order valence-corrected chi connectivity index (χ2v) is 4.09. The van der Waals surface area contributed by atoms with E-state index in [-0.39, 0.29) is 0 Å². The molecule has 0 fully saturated rings. The van der Waals surface area contributed by atoms with Crippen molar-refractivity contribution in [1.29, 1.82) is 0 Å². The summed E-state index contributed by atoms with van der Waals surface area (Å²) in [5.41, 5.74) is 2.37. The first-order valence-corrected chi connectivity index (χ1v) is 6.14. The molecule has 2 aromatic rings. The van der Waals surface area contributed by atoms with Gasteiger partial charge in [-0.05, 0) is 25.2 Å². The molecule has 0 saturated carbocycles. The second kappa shape index (κ2) is 5.64. The van der Waals surface area contributed by atoms with Gasteiger partial charge in [-0.1, -0.05) is 32.0 Å². The monoisotopic (exact) mass is 229 g/mol. The molecule has 0 spiro atoms. The fraction of sp³-hybridized carbons (Fsp3) is 0.357. The van der Waals surface area contributed by atoms with Gasteiger partial charge in [0.15, 0.2) is 0 Å². The van der Waals surface area contributed by atoms with Crippen molar-refractivity contribution in [3.8, 4) is 5.69 Å². The summed E-state index contributed by atoms with van der Waals surface area (Å²) in [5, 5.41) is 4.40. The van der Waals surface area contributed by atoms with Crippen LogP contribution < -0.4 is 0 Å². The molecule has 0 atom stereocenters. The third kappa shape index (κ3) is 2.94. The zero-order valence-corrected chi connectivity index (χ0v) is 10.5. The van der Waals surface area contributed by atoms with Crippen molar-refractivity contribution < 1.29 is 0 Å². The van der Waals surface area contributed by atoms with Crippen LogP contribution in [-0.4, -0.2) is 27.8 Å². The third-order valence-corrected chi connectivity index (χ3v) is 2.96. The minimum atomic E-state index is 0.972. The van der Waals surface area contributed by atoms with Crippen molar-refractivity contribution in [3.63, 3.8) is 0 Å². The van der Waals surface area contributed by atoms with Crippen molar-refractivity contribution >= 4 is 0 Å². The average Bonchev–Trinajstić information content (AvgIpc) is 2.85. The molecule has 1 heterocycles. The fourth-order valence-corrected chi connectivity index (χ4v) is 1.87. The Balaban J connectivity index is 2.11. The molecule has 0 unspecified atom stereocenters. The molecule has 3 heteroatoms. The van der Waals surface area contributed by atoms with E-state index in [0.29, 0.717) is 0 Å². The minimum Gasteiger partial charge on any atom is -0.300 e. The Morgan fingerprint density at radius 3 is 2.47 bits per heavy atom. The van der Waals surface area contributed by atoms with Gasteiger partial charge in [0.2, 0.25) is 0 Å². The van der Waals surface area contributed by atoms with Gasteiger partial charge in [0.05, 0.1) is 11.9 Å². The van der Waals surface area contributed by atoms with Crippen LogP contribution in [0.25, 0.3) is 5.69 Å². The van der Waals surface area contributed by atoms with Crippen LogP contribution in [-0.2, 0) is 6.54 Å². The van der Waals surface area contributed by atoms with Crippen LogP contribution in [0.5, 0.6) is 0 Å². The van der Waals surface area contributed by atoms with Crippen LogP contribution in [0.3, 0.4) is 0 Å². The Kier molecular flexibility index (Phi) is 3.94. The number of aromatic nitrogens is 2. The van der Waals surface area contributed by atoms with Crippen molar-refractivity contribution in [3.05, 3.63) is 48.3 Å². The van der Waals surface area contributed by atoms with Gasteiger partial charge in [-0.2, -0.15) is 5.10 Å². The number of para-hydroxylation sites is 1. The number of benzene rings is 1. The summed E-state index contributed by atoms with van der Waals surface area (Å²) in [6.07, 6.45) is 4.05. The van der Waals surface area contributed by atoms with Gasteiger partial charge in [-0.3, -0.25) is 4.90 Å². The van der Waals surface area contributed by atoms with E-state index >= 15 is 0 Å². The molecule has 0 N–H and O–H groups in total. The summed E-state index contributed by atoms with van der Waals surface area (Å²) in [5.74, 6) is 0. The average molecular weight is 229 g/mol. The largest absolute Gasteiger partial charge is 0.300 e. The summed E-state index contributed by atoms with van der Waals surface area (Å²) in [7, 11) is 0. The zero-order valence-electron chi connectivity index (χ0n) is 10.5. The SMILES string of the molecule is CCN(CC)Cc1cnn(-c2ccccc2)c1. The summed E-state index contributed by atoms with van der Waals surface area (Å²) < 4.78 is 1.93. The Morgan fingerprint density at radius 2 is 1.82 bits per heavy atom. The molecule has 0 bridgehead atoms. The van der Waals surface area contributed by atoms with Gasteiger partial charge in [0.25, 0.3) is 0 Å². The van der Waals surface area contributed by atoms with Gasteiger partial charge >= 0.3 is 0 Å². The van der Waals surface area contributed by atoms with Crippen LogP contribution in [0.1, 0.15) is 19.4 Å². The van der Waals surface area contributed by atoms with Gasteiger partial charge in [0.1, 0.15) is 0 Å². The lowest BCUT2D eigenvalue weighted by Gasteiger charge is -2.16. The first kappa shape index (κ1) is 11.9.